The van der Waals surface area contributed by atoms with E-state index in [1.807, 2.05) is 59.4 Å². The summed E-state index contributed by atoms with van der Waals surface area (Å²) in [5.41, 5.74) is 3.68. The van der Waals surface area contributed by atoms with Gasteiger partial charge in [0.25, 0.3) is 11.8 Å². The molecule has 5 amide bonds. The highest BCUT2D eigenvalue weighted by Gasteiger charge is 2.45. The fourth-order valence-electron chi connectivity index (χ4n) is 10.5. The van der Waals surface area contributed by atoms with Crippen LogP contribution in [0.5, 0.6) is 5.75 Å². The number of anilines is 2. The van der Waals surface area contributed by atoms with Gasteiger partial charge in [-0.15, -0.1) is 0 Å². The molecule has 0 bridgehead atoms. The molecular weight excluding hydrogens is 882 g/mol. The van der Waals surface area contributed by atoms with Gasteiger partial charge in [0.05, 0.1) is 29.3 Å². The summed E-state index contributed by atoms with van der Waals surface area (Å²) < 4.78 is 50.2. The van der Waals surface area contributed by atoms with Crippen LogP contribution in [-0.4, -0.2) is 129 Å². The van der Waals surface area contributed by atoms with E-state index >= 15 is 0 Å². The smallest absolute Gasteiger partial charge is 0.328 e. The number of amides is 5. The standard InChI is InChI=1S/C49H53F3N10O6/c1-29-2-5-32(21-40(29)61-13-10-41(63)56-48(61)67)46(66)59-14-11-49(12-15-59)23-36(28-68-49)58-16-18-60(19-17-58)47-54-25-34(26-55-47)31-6-7-33-27-62(57-39(33)20-31)35-8-3-30(4-9-35)24-53-45(65)37-22-38(50)44(64)43(52)42(37)51/h2,5-7,20-22,25-27,30,35-36,64H,3-4,8-19,23-24,28H2,1H3,(H,53,65)(H,56,63,67)/t30?,35?,36-/m1/s1. The van der Waals surface area contributed by atoms with Gasteiger partial charge in [-0.05, 0) is 93.2 Å². The van der Waals surface area contributed by atoms with Crippen LogP contribution < -0.4 is 20.4 Å². The zero-order valence-electron chi connectivity index (χ0n) is 37.7. The first-order chi connectivity index (χ1) is 32.8. The molecule has 4 aliphatic heterocycles. The van der Waals surface area contributed by atoms with Crippen molar-refractivity contribution >= 4 is 46.3 Å². The topological polar surface area (TPSA) is 178 Å². The number of aromatic nitrogens is 4. The number of fused-ring (bicyclic) bond motifs is 1. The summed E-state index contributed by atoms with van der Waals surface area (Å²) in [4.78, 5) is 68.1. The van der Waals surface area contributed by atoms with Gasteiger partial charge >= 0.3 is 6.03 Å². The number of rotatable bonds is 9. The molecule has 5 aliphatic rings. The van der Waals surface area contributed by atoms with Crippen molar-refractivity contribution in [1.82, 2.24) is 40.2 Å². The third-order valence-electron chi connectivity index (χ3n) is 14.7. The van der Waals surface area contributed by atoms with Crippen LogP contribution in [0.15, 0.2) is 61.1 Å². The Morgan fingerprint density at radius 1 is 0.882 bits per heavy atom. The van der Waals surface area contributed by atoms with Crippen LogP contribution in [0.3, 0.4) is 0 Å². The molecule has 68 heavy (non-hydrogen) atoms. The molecule has 5 aromatic rings. The molecule has 1 saturated carbocycles. The molecule has 1 atom stereocenters. The van der Waals surface area contributed by atoms with Crippen molar-refractivity contribution in [2.24, 2.45) is 5.92 Å². The third-order valence-corrected chi connectivity index (χ3v) is 14.7. The molecule has 4 saturated heterocycles. The molecule has 10 rings (SSSR count). The summed E-state index contributed by atoms with van der Waals surface area (Å²) in [5.74, 6) is -6.73. The number of urea groups is 1. The summed E-state index contributed by atoms with van der Waals surface area (Å²) in [5, 5.41) is 20.1. The van der Waals surface area contributed by atoms with Crippen LogP contribution in [0.25, 0.3) is 22.0 Å². The third kappa shape index (κ3) is 8.96. The number of nitrogens with zero attached hydrogens (tertiary/aromatic N) is 8. The number of hydrogen-bond donors (Lipinski definition) is 3. The van der Waals surface area contributed by atoms with Gasteiger partial charge in [0.2, 0.25) is 17.7 Å². The first-order valence-electron chi connectivity index (χ1n) is 23.4. The summed E-state index contributed by atoms with van der Waals surface area (Å²) in [6.45, 7) is 7.55. The summed E-state index contributed by atoms with van der Waals surface area (Å²) >= 11 is 0. The Hall–Kier alpha value is -6.60. The molecule has 356 valence electrons. The highest BCUT2D eigenvalue weighted by molar-refractivity contribution is 6.06. The van der Waals surface area contributed by atoms with Gasteiger partial charge in [-0.25, -0.2) is 23.5 Å². The molecule has 5 fully saturated rings. The highest BCUT2D eigenvalue weighted by Crippen LogP contribution is 2.39. The number of carbonyl (C=O) groups excluding carboxylic acids is 4. The summed E-state index contributed by atoms with van der Waals surface area (Å²) in [6.07, 6.45) is 11.6. The van der Waals surface area contributed by atoms with Crippen molar-refractivity contribution in [1.29, 1.82) is 0 Å². The van der Waals surface area contributed by atoms with Crippen molar-refractivity contribution in [3.63, 3.8) is 0 Å². The van der Waals surface area contributed by atoms with Crippen LogP contribution in [0, 0.1) is 30.3 Å². The van der Waals surface area contributed by atoms with Gasteiger partial charge in [-0.3, -0.25) is 34.2 Å². The zero-order valence-corrected chi connectivity index (χ0v) is 37.7. The monoisotopic (exact) mass is 934 g/mol. The number of nitrogens with one attached hydrogen (secondary N) is 2. The fraction of sp³-hybridized carbons (Fsp3) is 0.449. The first kappa shape index (κ1) is 45.2. The zero-order chi connectivity index (χ0) is 47.3. The predicted molar refractivity (Wildman–Crippen MR) is 245 cm³/mol. The molecule has 1 spiro atoms. The minimum Gasteiger partial charge on any atom is -0.503 e. The lowest BCUT2D eigenvalue weighted by atomic mass is 9.86. The Morgan fingerprint density at radius 2 is 1.63 bits per heavy atom. The number of imide groups is 1. The van der Waals surface area contributed by atoms with Crippen molar-refractivity contribution in [2.45, 2.75) is 76.0 Å². The van der Waals surface area contributed by atoms with E-state index in [-0.39, 0.29) is 48.9 Å². The summed E-state index contributed by atoms with van der Waals surface area (Å²) in [7, 11) is 0. The maximum absolute atomic E-state index is 14.2. The molecule has 16 nitrogen and oxygen atoms in total. The maximum Gasteiger partial charge on any atom is 0.328 e. The second-order valence-corrected chi connectivity index (χ2v) is 18.8. The van der Waals surface area contributed by atoms with Crippen molar-refractivity contribution < 1.29 is 42.2 Å². The molecular formula is C49H53F3N10O6. The average molecular weight is 935 g/mol. The maximum atomic E-state index is 14.2. The number of phenols is 1. The average Bonchev–Trinajstić information content (AvgIpc) is 3.99. The number of piperazine rings is 1. The Bertz CT molecular complexity index is 2770. The predicted octanol–water partition coefficient (Wildman–Crippen LogP) is 6.12. The number of carbonyl (C=O) groups is 4. The van der Waals surface area contributed by atoms with Gasteiger partial charge in [0.15, 0.2) is 17.4 Å². The van der Waals surface area contributed by atoms with Crippen LogP contribution in [0.1, 0.15) is 83.7 Å². The number of halogens is 3. The first-order valence-corrected chi connectivity index (χ1v) is 23.4. The fourth-order valence-corrected chi connectivity index (χ4v) is 10.5. The molecule has 2 aromatic heterocycles. The van der Waals surface area contributed by atoms with Gasteiger partial charge in [0, 0.05) is 106 Å². The molecule has 0 unspecified atom stereocenters. The van der Waals surface area contributed by atoms with Gasteiger partial charge in [-0.1, -0.05) is 18.2 Å². The SMILES string of the molecule is Cc1ccc(C(=O)N2CCC3(CC2)C[C@@H](N2CCN(c4ncc(-c5ccc6cn(C7CCC(CNC(=O)c8cc(F)c(O)c(F)c8F)CC7)nc6c5)cn4)CC2)CO3)cc1N1CCC(=O)NC1=O. The Balaban J connectivity index is 0.678. The van der Waals surface area contributed by atoms with Gasteiger partial charge < -0.3 is 25.0 Å². The van der Waals surface area contributed by atoms with E-state index in [1.54, 1.807) is 12.1 Å². The molecule has 6 heterocycles. The lowest BCUT2D eigenvalue weighted by molar-refractivity contribution is -0.120. The van der Waals surface area contributed by atoms with E-state index in [0.29, 0.717) is 49.0 Å². The number of ether oxygens (including phenoxy) is 1. The van der Waals surface area contributed by atoms with Crippen LogP contribution in [0.2, 0.25) is 0 Å². The molecule has 3 N–H and O–H groups in total. The lowest BCUT2D eigenvalue weighted by Crippen LogP contribution is -2.52. The number of benzene rings is 3. The number of aryl methyl sites for hydroxylation is 1. The number of piperidine rings is 1. The normalized spacial score (nSPS) is 22.2. The van der Waals surface area contributed by atoms with E-state index in [2.05, 4.69) is 20.4 Å². The van der Waals surface area contributed by atoms with Crippen LogP contribution >= 0.6 is 0 Å². The quantitative estimate of drug-likeness (QED) is 0.145. The number of hydrogen-bond acceptors (Lipinski definition) is 11. The number of aromatic hydroxyl groups is 1. The minimum atomic E-state index is -1.79. The van der Waals surface area contributed by atoms with E-state index in [1.165, 1.54) is 4.90 Å². The van der Waals surface area contributed by atoms with Crippen molar-refractivity contribution in [3.8, 4) is 16.9 Å². The summed E-state index contributed by atoms with van der Waals surface area (Å²) in [6, 6.07) is 12.0. The van der Waals surface area contributed by atoms with E-state index in [0.717, 1.165) is 98.7 Å². The number of phenolic OH excluding ortho intramolecular Hbond substituents is 1. The molecule has 1 aliphatic carbocycles. The van der Waals surface area contributed by atoms with Crippen molar-refractivity contribution in [3.05, 3.63) is 95.2 Å². The van der Waals surface area contributed by atoms with Gasteiger partial charge in [0.1, 0.15) is 0 Å². The Morgan fingerprint density at radius 3 is 2.37 bits per heavy atom. The van der Waals surface area contributed by atoms with Crippen molar-refractivity contribution in [2.75, 3.05) is 68.8 Å². The second kappa shape index (κ2) is 18.5. The lowest BCUT2D eigenvalue weighted by Gasteiger charge is -2.40. The number of likely N-dealkylation sites (tertiary alicyclic amines) is 1. The van der Waals surface area contributed by atoms with Crippen LogP contribution in [-0.2, 0) is 9.53 Å². The van der Waals surface area contributed by atoms with Gasteiger partial charge in [-0.2, -0.15) is 9.49 Å². The Labute approximate surface area is 390 Å². The highest BCUT2D eigenvalue weighted by atomic mass is 19.2. The molecule has 3 aromatic carbocycles. The second-order valence-electron chi connectivity index (χ2n) is 18.8. The molecule has 0 radical (unpaired) electrons. The van der Waals surface area contributed by atoms with E-state index in [9.17, 15) is 37.5 Å². The Kier molecular flexibility index (Phi) is 12.3. The largest absolute Gasteiger partial charge is 0.503 e. The van der Waals surface area contributed by atoms with Crippen LogP contribution in [0.4, 0.5) is 29.6 Å². The van der Waals surface area contributed by atoms with E-state index < -0.39 is 40.7 Å². The minimum absolute atomic E-state index is 0.0711. The van der Waals surface area contributed by atoms with E-state index in [4.69, 9.17) is 19.8 Å². The molecule has 19 heteroatoms.